The summed E-state index contributed by atoms with van der Waals surface area (Å²) in [6.45, 7) is 17.8. The van der Waals surface area contributed by atoms with Crippen LogP contribution in [0.5, 0.6) is 0 Å². The molecule has 27 heavy (non-hydrogen) atoms. The van der Waals surface area contributed by atoms with Crippen LogP contribution in [-0.2, 0) is 0 Å². The highest BCUT2D eigenvalue weighted by molar-refractivity contribution is 4.85. The van der Waals surface area contributed by atoms with E-state index in [9.17, 15) is 0 Å². The molecule has 0 radical (unpaired) electrons. The van der Waals surface area contributed by atoms with Crippen LogP contribution in [0.25, 0.3) is 0 Å². The van der Waals surface area contributed by atoms with Crippen LogP contribution in [0.2, 0.25) is 0 Å². The fourth-order valence-corrected chi connectivity index (χ4v) is 4.42. The molecule has 4 nitrogen and oxygen atoms in total. The highest BCUT2D eigenvalue weighted by Crippen LogP contribution is 2.29. The zero-order chi connectivity index (χ0) is 19.8. The van der Waals surface area contributed by atoms with Gasteiger partial charge in [-0.25, -0.2) is 0 Å². The van der Waals surface area contributed by atoms with Crippen molar-refractivity contribution in [3.8, 4) is 0 Å². The zero-order valence-corrected chi connectivity index (χ0v) is 18.7. The van der Waals surface area contributed by atoms with Gasteiger partial charge in [0.25, 0.3) is 0 Å². The molecule has 0 amide bonds. The number of aliphatic hydroxyl groups excluding tert-OH is 1. The summed E-state index contributed by atoms with van der Waals surface area (Å²) in [5.41, 5.74) is 0. The Morgan fingerprint density at radius 1 is 0.815 bits per heavy atom. The van der Waals surface area contributed by atoms with Crippen LogP contribution in [0.15, 0.2) is 0 Å². The molecular weight excluding hydrogens is 334 g/mol. The molecule has 2 saturated heterocycles. The fraction of sp³-hybridized carbons (Fsp3) is 1.00. The predicted molar refractivity (Wildman–Crippen MR) is 116 cm³/mol. The summed E-state index contributed by atoms with van der Waals surface area (Å²) in [4.78, 5) is 2.78. The summed E-state index contributed by atoms with van der Waals surface area (Å²) in [6.07, 6.45) is 7.84. The van der Waals surface area contributed by atoms with Gasteiger partial charge in [-0.2, -0.15) is 0 Å². The highest BCUT2D eigenvalue weighted by Gasteiger charge is 2.29. The van der Waals surface area contributed by atoms with Crippen LogP contribution >= 0.6 is 0 Å². The summed E-state index contributed by atoms with van der Waals surface area (Å²) in [6, 6.07) is 1.59. The van der Waals surface area contributed by atoms with E-state index in [0.29, 0.717) is 0 Å². The number of aliphatic hydroxyl groups is 1. The van der Waals surface area contributed by atoms with Gasteiger partial charge in [0, 0.05) is 31.7 Å². The lowest BCUT2D eigenvalue weighted by molar-refractivity contribution is 0.0513. The van der Waals surface area contributed by atoms with Crippen molar-refractivity contribution in [2.45, 2.75) is 91.3 Å². The molecule has 3 N–H and O–H groups in total. The molecule has 4 rings (SSSR count). The van der Waals surface area contributed by atoms with Crippen LogP contribution in [-0.4, -0.2) is 60.9 Å². The molecular formula is C23H47N3O. The summed E-state index contributed by atoms with van der Waals surface area (Å²) in [5, 5.41) is 15.2. The van der Waals surface area contributed by atoms with Crippen molar-refractivity contribution in [3.63, 3.8) is 0 Å². The van der Waals surface area contributed by atoms with Crippen molar-refractivity contribution < 1.29 is 5.11 Å². The van der Waals surface area contributed by atoms with E-state index in [2.05, 4.69) is 50.2 Å². The van der Waals surface area contributed by atoms with Gasteiger partial charge >= 0.3 is 0 Å². The minimum absolute atomic E-state index is 0.0417. The number of nitrogens with one attached hydrogen (secondary N) is 2. The first-order chi connectivity index (χ1) is 12.8. The Bertz CT molecular complexity index is 375. The van der Waals surface area contributed by atoms with E-state index in [1.54, 1.807) is 0 Å². The van der Waals surface area contributed by atoms with E-state index >= 15 is 0 Å². The lowest BCUT2D eigenvalue weighted by atomic mass is 9.84. The Kier molecular flexibility index (Phi) is 10.1. The van der Waals surface area contributed by atoms with Crippen LogP contribution in [0, 0.1) is 23.7 Å². The van der Waals surface area contributed by atoms with Crippen LogP contribution < -0.4 is 10.6 Å². The second-order valence-corrected chi connectivity index (χ2v) is 10.2. The van der Waals surface area contributed by atoms with E-state index in [1.165, 1.54) is 58.4 Å². The molecule has 0 unspecified atom stereocenters. The smallest absolute Gasteiger partial charge is 0.0545 e. The van der Waals surface area contributed by atoms with Crippen molar-refractivity contribution >= 4 is 0 Å². The Labute approximate surface area is 168 Å². The molecule has 0 aromatic rings. The summed E-state index contributed by atoms with van der Waals surface area (Å²) in [5.74, 6) is 3.63. The lowest BCUT2D eigenvalue weighted by Gasteiger charge is -2.42. The number of rotatable bonds is 4. The Morgan fingerprint density at radius 3 is 1.59 bits per heavy atom. The molecule has 2 heterocycles. The van der Waals surface area contributed by atoms with Crippen LogP contribution in [0.3, 0.4) is 0 Å². The molecule has 2 aliphatic carbocycles. The van der Waals surface area contributed by atoms with Crippen molar-refractivity contribution in [3.05, 3.63) is 0 Å². The van der Waals surface area contributed by atoms with Gasteiger partial charge in [-0.05, 0) is 89.1 Å². The zero-order valence-electron chi connectivity index (χ0n) is 18.7. The van der Waals surface area contributed by atoms with Gasteiger partial charge in [-0.15, -0.1) is 0 Å². The standard InChI is InChI=1S/C14H28N2.C5H10O.C4H9N/c1-11(2)16(10-13-8-15-9-13)14-6-4-12(3)5-7-14;1-4-2-5(6)3-4;1-4-2-5-3-4/h11-15H,4-10H2,1-3H3;4-6H,2-3H2,1H3;4-5H,2-3H2,1H3. The average Bonchev–Trinajstić information content (AvgIpc) is 2.53. The summed E-state index contributed by atoms with van der Waals surface area (Å²) in [7, 11) is 0. The molecule has 4 heteroatoms. The number of hydrogen-bond donors (Lipinski definition) is 3. The maximum absolute atomic E-state index is 8.62. The Balaban J connectivity index is 0.000000192. The SMILES string of the molecule is CC1CC(O)C1.CC1CCC(N(CC2CNC2)C(C)C)CC1.CC1CNC1. The minimum Gasteiger partial charge on any atom is -0.393 e. The van der Waals surface area contributed by atoms with E-state index in [-0.39, 0.29) is 6.10 Å². The third-order valence-corrected chi connectivity index (χ3v) is 6.79. The number of hydrogen-bond acceptors (Lipinski definition) is 4. The van der Waals surface area contributed by atoms with E-state index in [1.807, 2.05) is 0 Å². The molecule has 2 saturated carbocycles. The molecule has 160 valence electrons. The maximum Gasteiger partial charge on any atom is 0.0545 e. The van der Waals surface area contributed by atoms with Gasteiger partial charge in [0.05, 0.1) is 6.10 Å². The van der Waals surface area contributed by atoms with Crippen LogP contribution in [0.1, 0.15) is 73.1 Å². The van der Waals surface area contributed by atoms with Gasteiger partial charge in [-0.1, -0.05) is 20.8 Å². The van der Waals surface area contributed by atoms with E-state index < -0.39 is 0 Å². The first kappa shape index (κ1) is 23.1. The Morgan fingerprint density at radius 2 is 1.33 bits per heavy atom. The molecule has 4 fully saturated rings. The van der Waals surface area contributed by atoms with Gasteiger partial charge in [-0.3, -0.25) is 4.90 Å². The fourth-order valence-electron chi connectivity index (χ4n) is 4.42. The van der Waals surface area contributed by atoms with Gasteiger partial charge in [0.2, 0.25) is 0 Å². The van der Waals surface area contributed by atoms with Gasteiger partial charge in [0.1, 0.15) is 0 Å². The second-order valence-electron chi connectivity index (χ2n) is 10.2. The van der Waals surface area contributed by atoms with E-state index in [4.69, 9.17) is 5.11 Å². The molecule has 0 aromatic heterocycles. The van der Waals surface area contributed by atoms with Crippen LogP contribution in [0.4, 0.5) is 0 Å². The second kappa shape index (κ2) is 11.7. The molecule has 4 aliphatic rings. The Hall–Kier alpha value is -0.160. The van der Waals surface area contributed by atoms with E-state index in [0.717, 1.165) is 48.6 Å². The highest BCUT2D eigenvalue weighted by atomic mass is 16.3. The lowest BCUT2D eigenvalue weighted by Crippen LogP contribution is -2.52. The van der Waals surface area contributed by atoms with Gasteiger partial charge in [0.15, 0.2) is 0 Å². The number of nitrogens with zero attached hydrogens (tertiary/aromatic N) is 1. The molecule has 2 aliphatic heterocycles. The van der Waals surface area contributed by atoms with Crippen molar-refractivity contribution in [1.82, 2.24) is 15.5 Å². The molecule has 0 aromatic carbocycles. The molecule has 0 spiro atoms. The summed E-state index contributed by atoms with van der Waals surface area (Å²) < 4.78 is 0. The maximum atomic E-state index is 8.62. The molecule has 0 atom stereocenters. The normalized spacial score (nSPS) is 33.8. The summed E-state index contributed by atoms with van der Waals surface area (Å²) >= 11 is 0. The monoisotopic (exact) mass is 381 g/mol. The van der Waals surface area contributed by atoms with Crippen molar-refractivity contribution in [2.24, 2.45) is 23.7 Å². The minimum atomic E-state index is 0.0417. The largest absolute Gasteiger partial charge is 0.393 e. The molecule has 0 bridgehead atoms. The quantitative estimate of drug-likeness (QED) is 0.697. The van der Waals surface area contributed by atoms with Gasteiger partial charge < -0.3 is 15.7 Å². The first-order valence-corrected chi connectivity index (χ1v) is 11.7. The predicted octanol–water partition coefficient (Wildman–Crippen LogP) is 3.50. The van der Waals surface area contributed by atoms with Crippen molar-refractivity contribution in [1.29, 1.82) is 0 Å². The third kappa shape index (κ3) is 8.39. The van der Waals surface area contributed by atoms with Crippen molar-refractivity contribution in [2.75, 3.05) is 32.7 Å². The average molecular weight is 382 g/mol. The first-order valence-electron chi connectivity index (χ1n) is 11.7. The third-order valence-electron chi connectivity index (χ3n) is 6.79. The topological polar surface area (TPSA) is 47.5 Å².